The first-order valence-electron chi connectivity index (χ1n) is 4.75. The van der Waals surface area contributed by atoms with Crippen LogP contribution in [0.3, 0.4) is 0 Å². The molecule has 0 fully saturated rings. The molecule has 1 aromatic heterocycles. The number of hydrogen-bond donors (Lipinski definition) is 2. The highest BCUT2D eigenvalue weighted by Crippen LogP contribution is 2.12. The number of nitrogens with two attached hydrogens (primary N) is 1. The van der Waals surface area contributed by atoms with Crippen LogP contribution in [0.15, 0.2) is 6.07 Å². The third-order valence-electron chi connectivity index (χ3n) is 1.93. The molecule has 0 amide bonds. The van der Waals surface area contributed by atoms with Gasteiger partial charge in [-0.3, -0.25) is 0 Å². The van der Waals surface area contributed by atoms with Crippen LogP contribution in [0, 0.1) is 0 Å². The van der Waals surface area contributed by atoms with E-state index < -0.39 is 10.0 Å². The molecule has 1 heterocycles. The number of anilines is 2. The Kier molecular flexibility index (Phi) is 4.49. The van der Waals surface area contributed by atoms with E-state index in [-0.39, 0.29) is 23.4 Å². The van der Waals surface area contributed by atoms with Gasteiger partial charge in [0.05, 0.1) is 5.75 Å². The van der Waals surface area contributed by atoms with Crippen LogP contribution < -0.4 is 11.1 Å². The summed E-state index contributed by atoms with van der Waals surface area (Å²) >= 11 is 5.67. The van der Waals surface area contributed by atoms with E-state index in [9.17, 15) is 8.42 Å². The summed E-state index contributed by atoms with van der Waals surface area (Å²) in [6.07, 6.45) is 0. The third-order valence-corrected chi connectivity index (χ3v) is 3.96. The molecule has 0 atom stereocenters. The minimum absolute atomic E-state index is 0.0375. The van der Waals surface area contributed by atoms with Gasteiger partial charge >= 0.3 is 0 Å². The van der Waals surface area contributed by atoms with Gasteiger partial charge in [0, 0.05) is 26.7 Å². The van der Waals surface area contributed by atoms with Crippen molar-refractivity contribution in [2.75, 3.05) is 37.4 Å². The number of nitrogens with zero attached hydrogens (tertiary/aromatic N) is 3. The topological polar surface area (TPSA) is 101 Å². The van der Waals surface area contributed by atoms with Gasteiger partial charge in [-0.05, 0) is 0 Å². The Hall–Kier alpha value is -1.12. The van der Waals surface area contributed by atoms with Crippen LogP contribution in [0.25, 0.3) is 0 Å². The molecule has 0 radical (unpaired) electrons. The molecular weight excluding hydrogens is 266 g/mol. The Morgan fingerprint density at radius 2 is 2.12 bits per heavy atom. The minimum Gasteiger partial charge on any atom is -0.369 e. The van der Waals surface area contributed by atoms with E-state index in [1.54, 1.807) is 0 Å². The Labute approximate surface area is 105 Å². The first-order chi connectivity index (χ1) is 7.81. The van der Waals surface area contributed by atoms with Crippen LogP contribution in [0.4, 0.5) is 11.8 Å². The number of aromatic nitrogens is 2. The molecule has 9 heteroatoms. The Morgan fingerprint density at radius 3 is 2.65 bits per heavy atom. The van der Waals surface area contributed by atoms with Crippen LogP contribution in [-0.4, -0.2) is 49.1 Å². The maximum absolute atomic E-state index is 11.5. The summed E-state index contributed by atoms with van der Waals surface area (Å²) in [5, 5.41) is 3.02. The summed E-state index contributed by atoms with van der Waals surface area (Å²) in [7, 11) is -0.263. The summed E-state index contributed by atoms with van der Waals surface area (Å²) in [6, 6.07) is 1.47. The molecule has 0 aliphatic rings. The maximum Gasteiger partial charge on any atom is 0.223 e. The molecule has 0 spiro atoms. The Balaban J connectivity index is 2.57. The van der Waals surface area contributed by atoms with Crippen molar-refractivity contribution in [2.45, 2.75) is 0 Å². The summed E-state index contributed by atoms with van der Waals surface area (Å²) in [5.41, 5.74) is 5.39. The number of nitrogens with one attached hydrogen (secondary N) is 1. The highest BCUT2D eigenvalue weighted by Gasteiger charge is 2.12. The van der Waals surface area contributed by atoms with Crippen molar-refractivity contribution in [3.63, 3.8) is 0 Å². The molecule has 0 saturated heterocycles. The Morgan fingerprint density at radius 1 is 1.47 bits per heavy atom. The Bertz CT molecular complexity index is 470. The predicted molar refractivity (Wildman–Crippen MR) is 67.4 cm³/mol. The fraction of sp³-hybridized carbons (Fsp3) is 0.500. The van der Waals surface area contributed by atoms with Crippen molar-refractivity contribution in [2.24, 2.45) is 0 Å². The molecule has 1 rings (SSSR count). The molecule has 0 bridgehead atoms. The number of halogens is 1. The lowest BCUT2D eigenvalue weighted by Crippen LogP contribution is -2.28. The van der Waals surface area contributed by atoms with Crippen LogP contribution in [0.1, 0.15) is 0 Å². The zero-order valence-corrected chi connectivity index (χ0v) is 11.1. The maximum atomic E-state index is 11.5. The van der Waals surface area contributed by atoms with E-state index >= 15 is 0 Å². The smallest absolute Gasteiger partial charge is 0.223 e. The van der Waals surface area contributed by atoms with E-state index in [4.69, 9.17) is 17.3 Å². The van der Waals surface area contributed by atoms with E-state index in [0.717, 1.165) is 4.31 Å². The molecule has 96 valence electrons. The predicted octanol–water partition coefficient (Wildman–Crippen LogP) is 0.0155. The molecule has 0 saturated carbocycles. The number of sulfonamides is 1. The second kappa shape index (κ2) is 5.48. The average molecular weight is 280 g/mol. The van der Waals surface area contributed by atoms with Crippen LogP contribution in [0.2, 0.25) is 5.15 Å². The molecule has 3 N–H and O–H groups in total. The van der Waals surface area contributed by atoms with Gasteiger partial charge in [0.15, 0.2) is 0 Å². The third kappa shape index (κ3) is 4.33. The minimum atomic E-state index is -3.23. The van der Waals surface area contributed by atoms with Crippen molar-refractivity contribution in [1.82, 2.24) is 14.3 Å². The normalized spacial score (nSPS) is 11.8. The van der Waals surface area contributed by atoms with Crippen molar-refractivity contribution in [3.8, 4) is 0 Å². The van der Waals surface area contributed by atoms with Crippen LogP contribution in [-0.2, 0) is 10.0 Å². The standard InChI is InChI=1S/C8H14ClN5O2S/c1-14(2)17(15,16)4-3-11-7-5-6(9)12-8(10)13-7/h5H,3-4H2,1-2H3,(H3,10,11,12,13). The summed E-state index contributed by atoms with van der Waals surface area (Å²) < 4.78 is 24.1. The van der Waals surface area contributed by atoms with E-state index in [2.05, 4.69) is 15.3 Å². The second-order valence-electron chi connectivity index (χ2n) is 3.46. The van der Waals surface area contributed by atoms with Gasteiger partial charge in [-0.15, -0.1) is 0 Å². The lowest BCUT2D eigenvalue weighted by Gasteiger charge is -2.11. The average Bonchev–Trinajstić information content (AvgIpc) is 2.15. The van der Waals surface area contributed by atoms with Crippen LogP contribution in [0.5, 0.6) is 0 Å². The van der Waals surface area contributed by atoms with Gasteiger partial charge in [0.1, 0.15) is 11.0 Å². The van der Waals surface area contributed by atoms with E-state index in [1.165, 1.54) is 20.2 Å². The summed E-state index contributed by atoms with van der Waals surface area (Å²) in [6.45, 7) is 0.216. The summed E-state index contributed by atoms with van der Waals surface area (Å²) in [5.74, 6) is 0.397. The molecule has 0 aliphatic heterocycles. The molecule has 17 heavy (non-hydrogen) atoms. The van der Waals surface area contributed by atoms with Crippen molar-refractivity contribution >= 4 is 33.4 Å². The van der Waals surface area contributed by atoms with Gasteiger partial charge in [0.25, 0.3) is 0 Å². The quantitative estimate of drug-likeness (QED) is 0.737. The van der Waals surface area contributed by atoms with E-state index in [0.29, 0.717) is 5.82 Å². The lowest BCUT2D eigenvalue weighted by molar-refractivity contribution is 0.521. The zero-order chi connectivity index (χ0) is 13.1. The molecule has 0 aromatic carbocycles. The molecule has 1 aromatic rings. The number of nitrogen functional groups attached to an aromatic ring is 1. The van der Waals surface area contributed by atoms with Crippen LogP contribution >= 0.6 is 11.6 Å². The van der Waals surface area contributed by atoms with Crippen molar-refractivity contribution < 1.29 is 8.42 Å². The highest BCUT2D eigenvalue weighted by atomic mass is 35.5. The van der Waals surface area contributed by atoms with Crippen molar-refractivity contribution in [3.05, 3.63) is 11.2 Å². The fourth-order valence-corrected chi connectivity index (χ4v) is 1.93. The van der Waals surface area contributed by atoms with Crippen molar-refractivity contribution in [1.29, 1.82) is 0 Å². The zero-order valence-electron chi connectivity index (χ0n) is 9.51. The van der Waals surface area contributed by atoms with Gasteiger partial charge in [0.2, 0.25) is 16.0 Å². The largest absolute Gasteiger partial charge is 0.369 e. The number of rotatable bonds is 5. The molecule has 0 aliphatic carbocycles. The van der Waals surface area contributed by atoms with Gasteiger partial charge in [-0.2, -0.15) is 4.98 Å². The van der Waals surface area contributed by atoms with Gasteiger partial charge in [-0.1, -0.05) is 11.6 Å². The fourth-order valence-electron chi connectivity index (χ4n) is 1.02. The monoisotopic (exact) mass is 279 g/mol. The lowest BCUT2D eigenvalue weighted by atomic mass is 10.5. The number of hydrogen-bond acceptors (Lipinski definition) is 6. The molecule has 0 unspecified atom stereocenters. The first-order valence-corrected chi connectivity index (χ1v) is 6.74. The first kappa shape index (κ1) is 13.9. The van der Waals surface area contributed by atoms with Gasteiger partial charge in [-0.25, -0.2) is 17.7 Å². The van der Waals surface area contributed by atoms with E-state index in [1.807, 2.05) is 0 Å². The second-order valence-corrected chi connectivity index (χ2v) is 6.15. The molecule has 7 nitrogen and oxygen atoms in total. The molecular formula is C8H14ClN5O2S. The van der Waals surface area contributed by atoms with Gasteiger partial charge < -0.3 is 11.1 Å². The highest BCUT2D eigenvalue weighted by molar-refractivity contribution is 7.89. The summed E-state index contributed by atoms with van der Waals surface area (Å²) in [4.78, 5) is 7.55. The SMILES string of the molecule is CN(C)S(=O)(=O)CCNc1cc(Cl)nc(N)n1.